The third-order valence-corrected chi connectivity index (χ3v) is 6.26. The van der Waals surface area contributed by atoms with Crippen LogP contribution in [-0.4, -0.2) is 32.3 Å². The molecular formula is C27H25N5S. The number of hydrogen-bond acceptors (Lipinski definition) is 4. The molecule has 1 aliphatic rings. The Morgan fingerprint density at radius 1 is 0.970 bits per heavy atom. The standard InChI is InChI=1S/C27H25N5S/c1-19-10-12-21(13-11-19)24-18-25(22-8-5-9-23-26(22)29-17-16-28-23)32(31-24)27(33)30-15-14-20-6-3-2-4-7-20/h2-13,16-17,25H,14-15,18H2,1H3,(H,30,33)/t25-/m0/s1. The maximum Gasteiger partial charge on any atom is 0.190 e. The molecule has 0 spiro atoms. The van der Waals surface area contributed by atoms with Crippen LogP contribution in [-0.2, 0) is 6.42 Å². The Morgan fingerprint density at radius 3 is 2.58 bits per heavy atom. The number of hydrazone groups is 1. The van der Waals surface area contributed by atoms with Crippen molar-refractivity contribution in [2.75, 3.05) is 6.54 Å². The Kier molecular flexibility index (Phi) is 6.09. The lowest BCUT2D eigenvalue weighted by Crippen LogP contribution is -2.37. The molecule has 3 aromatic carbocycles. The van der Waals surface area contributed by atoms with Gasteiger partial charge in [-0.3, -0.25) is 9.97 Å². The molecular weight excluding hydrogens is 426 g/mol. The van der Waals surface area contributed by atoms with Gasteiger partial charge in [-0.15, -0.1) is 0 Å². The lowest BCUT2D eigenvalue weighted by atomic mass is 9.97. The van der Waals surface area contributed by atoms with Crippen LogP contribution in [0.25, 0.3) is 11.0 Å². The molecule has 0 saturated heterocycles. The zero-order valence-corrected chi connectivity index (χ0v) is 19.3. The topological polar surface area (TPSA) is 53.4 Å². The normalized spacial score (nSPS) is 15.5. The molecule has 33 heavy (non-hydrogen) atoms. The number of rotatable bonds is 5. The predicted octanol–water partition coefficient (Wildman–Crippen LogP) is 5.21. The highest BCUT2D eigenvalue weighted by molar-refractivity contribution is 7.80. The van der Waals surface area contributed by atoms with Crippen LogP contribution >= 0.6 is 12.2 Å². The number of nitrogens with one attached hydrogen (secondary N) is 1. The summed E-state index contributed by atoms with van der Waals surface area (Å²) in [5.41, 5.74) is 7.49. The summed E-state index contributed by atoms with van der Waals surface area (Å²) in [5.74, 6) is 0. The number of benzene rings is 3. The van der Waals surface area contributed by atoms with E-state index < -0.39 is 0 Å². The first-order valence-corrected chi connectivity index (χ1v) is 11.5. The highest BCUT2D eigenvalue weighted by atomic mass is 32.1. The monoisotopic (exact) mass is 451 g/mol. The summed E-state index contributed by atoms with van der Waals surface area (Å²) in [5, 5.41) is 11.0. The maximum absolute atomic E-state index is 5.82. The van der Waals surface area contributed by atoms with E-state index in [1.54, 1.807) is 12.4 Å². The maximum atomic E-state index is 5.82. The zero-order valence-electron chi connectivity index (χ0n) is 18.5. The smallest absolute Gasteiger partial charge is 0.190 e. The minimum atomic E-state index is -0.0431. The average Bonchev–Trinajstić information content (AvgIpc) is 3.30. The molecule has 1 aliphatic heterocycles. The Bertz CT molecular complexity index is 1300. The Labute approximate surface area is 199 Å². The quantitative estimate of drug-likeness (QED) is 0.422. The molecule has 2 heterocycles. The first kappa shape index (κ1) is 21.2. The molecule has 0 saturated carbocycles. The van der Waals surface area contributed by atoms with Crippen molar-refractivity contribution in [2.45, 2.75) is 25.8 Å². The second-order valence-electron chi connectivity index (χ2n) is 8.22. The van der Waals surface area contributed by atoms with E-state index in [-0.39, 0.29) is 6.04 Å². The van der Waals surface area contributed by atoms with E-state index in [2.05, 4.69) is 76.8 Å². The molecule has 4 aromatic rings. The van der Waals surface area contributed by atoms with Crippen LogP contribution in [0.3, 0.4) is 0 Å². The fourth-order valence-electron chi connectivity index (χ4n) is 4.18. The van der Waals surface area contributed by atoms with Gasteiger partial charge in [0.25, 0.3) is 0 Å². The number of fused-ring (bicyclic) bond motifs is 1. The lowest BCUT2D eigenvalue weighted by Gasteiger charge is -2.25. The number of para-hydroxylation sites is 1. The Balaban J connectivity index is 1.43. The highest BCUT2D eigenvalue weighted by Crippen LogP contribution is 2.35. The van der Waals surface area contributed by atoms with E-state index in [9.17, 15) is 0 Å². The summed E-state index contributed by atoms with van der Waals surface area (Å²) in [6, 6.07) is 25.0. The van der Waals surface area contributed by atoms with Crippen molar-refractivity contribution in [1.29, 1.82) is 0 Å². The zero-order chi connectivity index (χ0) is 22.6. The van der Waals surface area contributed by atoms with Crippen LogP contribution in [0.15, 0.2) is 90.3 Å². The highest BCUT2D eigenvalue weighted by Gasteiger charge is 2.32. The van der Waals surface area contributed by atoms with E-state index in [1.165, 1.54) is 11.1 Å². The summed E-state index contributed by atoms with van der Waals surface area (Å²) in [6.45, 7) is 2.84. The van der Waals surface area contributed by atoms with Gasteiger partial charge in [0.1, 0.15) is 0 Å². The SMILES string of the molecule is Cc1ccc(C2=NN(C(=S)NCCc3ccccc3)[C@H](c3cccc4nccnc34)C2)cc1. The van der Waals surface area contributed by atoms with Crippen molar-refractivity contribution in [1.82, 2.24) is 20.3 Å². The van der Waals surface area contributed by atoms with Crippen molar-refractivity contribution in [2.24, 2.45) is 5.10 Å². The van der Waals surface area contributed by atoms with Gasteiger partial charge in [-0.1, -0.05) is 72.3 Å². The van der Waals surface area contributed by atoms with Gasteiger partial charge in [0.15, 0.2) is 5.11 Å². The fourth-order valence-corrected chi connectivity index (χ4v) is 4.45. The third-order valence-electron chi connectivity index (χ3n) is 5.92. The van der Waals surface area contributed by atoms with Crippen molar-refractivity contribution in [3.63, 3.8) is 0 Å². The largest absolute Gasteiger partial charge is 0.361 e. The van der Waals surface area contributed by atoms with E-state index in [0.29, 0.717) is 5.11 Å². The van der Waals surface area contributed by atoms with Crippen molar-refractivity contribution in [3.05, 3.63) is 107 Å². The van der Waals surface area contributed by atoms with Crippen molar-refractivity contribution < 1.29 is 0 Å². The van der Waals surface area contributed by atoms with Gasteiger partial charge in [0, 0.05) is 30.9 Å². The molecule has 1 N–H and O–H groups in total. The average molecular weight is 452 g/mol. The molecule has 6 heteroatoms. The number of aryl methyl sites for hydroxylation is 1. The van der Waals surface area contributed by atoms with E-state index in [4.69, 9.17) is 17.3 Å². The number of aromatic nitrogens is 2. The van der Waals surface area contributed by atoms with Gasteiger partial charge in [0.05, 0.1) is 22.8 Å². The van der Waals surface area contributed by atoms with Gasteiger partial charge >= 0.3 is 0 Å². The summed E-state index contributed by atoms with van der Waals surface area (Å²) in [6.07, 6.45) is 5.11. The van der Waals surface area contributed by atoms with Gasteiger partial charge < -0.3 is 5.32 Å². The molecule has 0 amide bonds. The minimum absolute atomic E-state index is 0.0431. The van der Waals surface area contributed by atoms with E-state index >= 15 is 0 Å². The van der Waals surface area contributed by atoms with Gasteiger partial charge in [-0.25, -0.2) is 5.01 Å². The summed E-state index contributed by atoms with van der Waals surface area (Å²) in [7, 11) is 0. The van der Waals surface area contributed by atoms with Gasteiger partial charge in [-0.2, -0.15) is 5.10 Å². The van der Waals surface area contributed by atoms with Gasteiger partial charge in [-0.05, 0) is 42.8 Å². The van der Waals surface area contributed by atoms with Crippen LogP contribution < -0.4 is 5.32 Å². The van der Waals surface area contributed by atoms with Crippen LogP contribution in [0.2, 0.25) is 0 Å². The third kappa shape index (κ3) is 4.61. The molecule has 0 aliphatic carbocycles. The second kappa shape index (κ2) is 9.46. The first-order chi connectivity index (χ1) is 16.2. The second-order valence-corrected chi connectivity index (χ2v) is 8.60. The van der Waals surface area contributed by atoms with Crippen LogP contribution in [0, 0.1) is 6.92 Å². The molecule has 1 atom stereocenters. The lowest BCUT2D eigenvalue weighted by molar-refractivity contribution is 0.366. The Hall–Kier alpha value is -3.64. The summed E-state index contributed by atoms with van der Waals surface area (Å²) >= 11 is 5.82. The van der Waals surface area contributed by atoms with E-state index in [0.717, 1.165) is 47.3 Å². The predicted molar refractivity (Wildman–Crippen MR) is 137 cm³/mol. The molecule has 1 aromatic heterocycles. The van der Waals surface area contributed by atoms with Gasteiger partial charge in [0.2, 0.25) is 0 Å². The van der Waals surface area contributed by atoms with Crippen molar-refractivity contribution in [3.8, 4) is 0 Å². The molecule has 5 nitrogen and oxygen atoms in total. The molecule has 5 rings (SSSR count). The molecule has 0 unspecified atom stereocenters. The fraction of sp³-hybridized carbons (Fsp3) is 0.185. The van der Waals surface area contributed by atoms with Crippen LogP contribution in [0.5, 0.6) is 0 Å². The molecule has 0 fully saturated rings. The number of thiocarbonyl (C=S) groups is 1. The molecule has 0 radical (unpaired) electrons. The first-order valence-electron chi connectivity index (χ1n) is 11.1. The Morgan fingerprint density at radius 2 is 1.76 bits per heavy atom. The summed E-state index contributed by atoms with van der Waals surface area (Å²) < 4.78 is 0. The molecule has 0 bridgehead atoms. The van der Waals surface area contributed by atoms with Crippen LogP contribution in [0.1, 0.15) is 34.7 Å². The number of nitrogens with zero attached hydrogens (tertiary/aromatic N) is 4. The summed E-state index contributed by atoms with van der Waals surface area (Å²) in [4.78, 5) is 9.11. The van der Waals surface area contributed by atoms with E-state index in [1.807, 2.05) is 23.2 Å². The van der Waals surface area contributed by atoms with Crippen molar-refractivity contribution >= 4 is 34.1 Å². The minimum Gasteiger partial charge on any atom is -0.361 e. The molecule has 164 valence electrons. The van der Waals surface area contributed by atoms with Crippen LogP contribution in [0.4, 0.5) is 0 Å². The number of hydrogen-bond donors (Lipinski definition) is 1.